The van der Waals surface area contributed by atoms with Crippen LogP contribution in [0.3, 0.4) is 0 Å². The molecule has 5 nitrogen and oxygen atoms in total. The molecule has 2 saturated carbocycles. The molecule has 2 aliphatic carbocycles. The standard InChI is InChI=1S/C11H14N4OS/c12-6-7-2-1-3-9(7)17-11-14-13-10(16)15(11)8-4-5-8/h7-9H,1-5H2,(H,13,16). The fourth-order valence-corrected chi connectivity index (χ4v) is 3.74. The molecular weight excluding hydrogens is 236 g/mol. The lowest BCUT2D eigenvalue weighted by molar-refractivity contribution is 0.636. The molecule has 1 aromatic rings. The number of H-pyrrole nitrogens is 1. The highest BCUT2D eigenvalue weighted by Crippen LogP contribution is 2.41. The molecule has 0 aliphatic heterocycles. The Bertz CT molecular complexity index is 510. The van der Waals surface area contributed by atoms with Gasteiger partial charge in [0.05, 0.1) is 12.0 Å². The molecule has 17 heavy (non-hydrogen) atoms. The molecule has 1 aromatic heterocycles. The van der Waals surface area contributed by atoms with Gasteiger partial charge >= 0.3 is 5.69 Å². The molecule has 0 bridgehead atoms. The molecule has 0 spiro atoms. The van der Waals surface area contributed by atoms with E-state index >= 15 is 0 Å². The summed E-state index contributed by atoms with van der Waals surface area (Å²) < 4.78 is 1.76. The summed E-state index contributed by atoms with van der Waals surface area (Å²) in [4.78, 5) is 11.6. The predicted molar refractivity (Wildman–Crippen MR) is 63.7 cm³/mol. The van der Waals surface area contributed by atoms with Crippen LogP contribution < -0.4 is 5.69 Å². The first-order valence-corrected chi connectivity index (χ1v) is 6.90. The summed E-state index contributed by atoms with van der Waals surface area (Å²) in [5.41, 5.74) is -0.110. The second-order valence-corrected chi connectivity index (χ2v) is 5.94. The number of hydrogen-bond donors (Lipinski definition) is 1. The van der Waals surface area contributed by atoms with Gasteiger partial charge < -0.3 is 0 Å². The number of aromatic nitrogens is 3. The van der Waals surface area contributed by atoms with E-state index in [4.69, 9.17) is 5.26 Å². The van der Waals surface area contributed by atoms with Crippen molar-refractivity contribution in [2.75, 3.05) is 0 Å². The number of thioether (sulfide) groups is 1. The molecule has 6 heteroatoms. The number of nitrogens with zero attached hydrogens (tertiary/aromatic N) is 3. The van der Waals surface area contributed by atoms with Gasteiger partial charge in [-0.3, -0.25) is 4.57 Å². The van der Waals surface area contributed by atoms with Crippen molar-refractivity contribution in [1.82, 2.24) is 14.8 Å². The summed E-state index contributed by atoms with van der Waals surface area (Å²) in [5.74, 6) is 0.111. The number of rotatable bonds is 3. The molecule has 0 amide bonds. The van der Waals surface area contributed by atoms with Crippen LogP contribution in [0.4, 0.5) is 0 Å². The lowest BCUT2D eigenvalue weighted by Crippen LogP contribution is -2.17. The predicted octanol–water partition coefficient (Wildman–Crippen LogP) is 1.69. The van der Waals surface area contributed by atoms with E-state index in [9.17, 15) is 4.79 Å². The van der Waals surface area contributed by atoms with Gasteiger partial charge in [0.25, 0.3) is 0 Å². The number of hydrogen-bond acceptors (Lipinski definition) is 4. The average molecular weight is 250 g/mol. The highest BCUT2D eigenvalue weighted by molar-refractivity contribution is 7.99. The van der Waals surface area contributed by atoms with E-state index in [-0.39, 0.29) is 11.6 Å². The largest absolute Gasteiger partial charge is 0.344 e. The fraction of sp³-hybridized carbons (Fsp3) is 0.727. The van der Waals surface area contributed by atoms with Crippen LogP contribution >= 0.6 is 11.8 Å². The molecule has 0 saturated heterocycles. The Morgan fingerprint density at radius 1 is 1.41 bits per heavy atom. The van der Waals surface area contributed by atoms with Gasteiger partial charge in [0.1, 0.15) is 0 Å². The zero-order valence-electron chi connectivity index (χ0n) is 9.43. The highest BCUT2D eigenvalue weighted by Gasteiger charge is 2.33. The lowest BCUT2D eigenvalue weighted by atomic mass is 10.1. The van der Waals surface area contributed by atoms with E-state index in [2.05, 4.69) is 16.3 Å². The van der Waals surface area contributed by atoms with Gasteiger partial charge in [0.2, 0.25) is 0 Å². The van der Waals surface area contributed by atoms with E-state index in [1.165, 1.54) is 0 Å². The summed E-state index contributed by atoms with van der Waals surface area (Å²) in [6.07, 6.45) is 5.27. The Hall–Kier alpha value is -1.22. The van der Waals surface area contributed by atoms with E-state index in [1.54, 1.807) is 16.3 Å². The second kappa shape index (κ2) is 4.22. The van der Waals surface area contributed by atoms with Crippen LogP contribution in [0, 0.1) is 17.2 Å². The van der Waals surface area contributed by atoms with Gasteiger partial charge in [0.15, 0.2) is 5.16 Å². The molecule has 2 aliphatic rings. The summed E-state index contributed by atoms with van der Waals surface area (Å²) >= 11 is 1.60. The van der Waals surface area contributed by atoms with Crippen molar-refractivity contribution in [3.05, 3.63) is 10.5 Å². The minimum Gasteiger partial charge on any atom is -0.267 e. The summed E-state index contributed by atoms with van der Waals surface area (Å²) in [5, 5.41) is 16.7. The molecule has 1 heterocycles. The van der Waals surface area contributed by atoms with Crippen molar-refractivity contribution in [3.8, 4) is 6.07 Å². The monoisotopic (exact) mass is 250 g/mol. The Balaban J connectivity index is 1.81. The Kier molecular flexibility index (Phi) is 2.71. The summed E-state index contributed by atoms with van der Waals surface area (Å²) in [6, 6.07) is 2.70. The van der Waals surface area contributed by atoms with Crippen molar-refractivity contribution in [2.24, 2.45) is 5.92 Å². The first-order chi connectivity index (χ1) is 8.29. The van der Waals surface area contributed by atoms with Crippen LogP contribution in [0.25, 0.3) is 0 Å². The summed E-state index contributed by atoms with van der Waals surface area (Å²) in [7, 11) is 0. The van der Waals surface area contributed by atoms with E-state index in [0.29, 0.717) is 11.3 Å². The third-order valence-corrected chi connectivity index (χ3v) is 4.83. The fourth-order valence-electron chi connectivity index (χ4n) is 2.38. The first kappa shape index (κ1) is 10.9. The van der Waals surface area contributed by atoms with Crippen LogP contribution in [0.2, 0.25) is 0 Å². The lowest BCUT2D eigenvalue weighted by Gasteiger charge is -2.12. The first-order valence-electron chi connectivity index (χ1n) is 6.03. The van der Waals surface area contributed by atoms with Crippen LogP contribution in [0.5, 0.6) is 0 Å². The van der Waals surface area contributed by atoms with E-state index in [0.717, 1.165) is 37.3 Å². The minimum atomic E-state index is -0.110. The maximum Gasteiger partial charge on any atom is 0.344 e. The van der Waals surface area contributed by atoms with Gasteiger partial charge in [-0.15, -0.1) is 5.10 Å². The van der Waals surface area contributed by atoms with Crippen LogP contribution in [-0.4, -0.2) is 20.0 Å². The molecule has 0 radical (unpaired) electrons. The quantitative estimate of drug-likeness (QED) is 0.885. The van der Waals surface area contributed by atoms with Gasteiger partial charge in [-0.2, -0.15) is 5.26 Å². The van der Waals surface area contributed by atoms with Crippen LogP contribution in [-0.2, 0) is 0 Å². The second-order valence-electron chi connectivity index (χ2n) is 4.74. The van der Waals surface area contributed by atoms with Crippen molar-refractivity contribution in [2.45, 2.75) is 48.6 Å². The molecule has 3 rings (SSSR count). The zero-order valence-corrected chi connectivity index (χ0v) is 10.2. The molecule has 2 unspecified atom stereocenters. The zero-order chi connectivity index (χ0) is 11.8. The van der Waals surface area contributed by atoms with Gasteiger partial charge in [-0.05, 0) is 25.7 Å². The van der Waals surface area contributed by atoms with Crippen LogP contribution in [0.1, 0.15) is 38.1 Å². The number of nitrogens with one attached hydrogen (secondary N) is 1. The average Bonchev–Trinajstić information content (AvgIpc) is 2.95. The highest BCUT2D eigenvalue weighted by atomic mass is 32.2. The van der Waals surface area contributed by atoms with E-state index in [1.807, 2.05) is 0 Å². The molecule has 2 atom stereocenters. The minimum absolute atomic E-state index is 0.110. The maximum absolute atomic E-state index is 11.6. The van der Waals surface area contributed by atoms with Crippen molar-refractivity contribution >= 4 is 11.8 Å². The normalized spacial score (nSPS) is 28.2. The Morgan fingerprint density at radius 2 is 2.24 bits per heavy atom. The molecule has 0 aromatic carbocycles. The van der Waals surface area contributed by atoms with Crippen molar-refractivity contribution in [3.63, 3.8) is 0 Å². The summed E-state index contributed by atoms with van der Waals surface area (Å²) in [6.45, 7) is 0. The van der Waals surface area contributed by atoms with Crippen molar-refractivity contribution < 1.29 is 0 Å². The molecular formula is C11H14N4OS. The number of aromatic amines is 1. The van der Waals surface area contributed by atoms with Gasteiger partial charge in [0, 0.05) is 11.3 Å². The SMILES string of the molecule is N#CC1CCCC1Sc1n[nH]c(=O)n1C1CC1. The number of nitriles is 1. The van der Waals surface area contributed by atoms with Crippen molar-refractivity contribution in [1.29, 1.82) is 5.26 Å². The molecule has 90 valence electrons. The Morgan fingerprint density at radius 3 is 2.94 bits per heavy atom. The third kappa shape index (κ3) is 2.00. The molecule has 2 fully saturated rings. The van der Waals surface area contributed by atoms with Gasteiger partial charge in [-0.1, -0.05) is 18.2 Å². The topological polar surface area (TPSA) is 74.5 Å². The molecule has 1 N–H and O–H groups in total. The Labute approximate surface area is 103 Å². The van der Waals surface area contributed by atoms with Gasteiger partial charge in [-0.25, -0.2) is 9.89 Å². The van der Waals surface area contributed by atoms with E-state index < -0.39 is 0 Å². The third-order valence-electron chi connectivity index (χ3n) is 3.46. The van der Waals surface area contributed by atoms with Crippen LogP contribution in [0.15, 0.2) is 9.95 Å². The smallest absolute Gasteiger partial charge is 0.267 e. The maximum atomic E-state index is 11.6.